The standard InChI is InChI=1S/C19H20ClN3OS/c1-21-6-8-22(9-7-21)19(24)13-23-16-5-4-15(20)11-14(16)12-17(23)18-3-2-10-25-18/h2-5,10-12H,6-9,13H2,1H3. The van der Waals surface area contributed by atoms with Crippen LogP contribution < -0.4 is 0 Å². The summed E-state index contributed by atoms with van der Waals surface area (Å²) in [7, 11) is 2.10. The number of aromatic nitrogens is 1. The lowest BCUT2D eigenvalue weighted by Crippen LogP contribution is -2.48. The maximum Gasteiger partial charge on any atom is 0.242 e. The van der Waals surface area contributed by atoms with Gasteiger partial charge in [-0.1, -0.05) is 17.7 Å². The summed E-state index contributed by atoms with van der Waals surface area (Å²) in [6, 6.07) is 12.1. The Hall–Kier alpha value is -1.82. The Morgan fingerprint density at radius 3 is 2.68 bits per heavy atom. The first kappa shape index (κ1) is 16.6. The average Bonchev–Trinajstić information content (AvgIpc) is 3.23. The van der Waals surface area contributed by atoms with Crippen LogP contribution in [0.4, 0.5) is 0 Å². The second-order valence-corrected chi connectivity index (χ2v) is 7.86. The van der Waals surface area contributed by atoms with Crippen LogP contribution in [-0.2, 0) is 11.3 Å². The minimum absolute atomic E-state index is 0.179. The first-order valence-corrected chi connectivity index (χ1v) is 9.66. The number of halogens is 1. The summed E-state index contributed by atoms with van der Waals surface area (Å²) in [4.78, 5) is 18.3. The summed E-state index contributed by atoms with van der Waals surface area (Å²) in [6.07, 6.45) is 0. The fraction of sp³-hybridized carbons (Fsp3) is 0.316. The third-order valence-electron chi connectivity index (χ3n) is 4.79. The summed E-state index contributed by atoms with van der Waals surface area (Å²) in [5, 5.41) is 3.85. The van der Waals surface area contributed by atoms with Gasteiger partial charge in [-0.25, -0.2) is 0 Å². The van der Waals surface area contributed by atoms with E-state index < -0.39 is 0 Å². The fourth-order valence-electron chi connectivity index (χ4n) is 3.33. The van der Waals surface area contributed by atoms with E-state index in [0.717, 1.165) is 42.8 Å². The highest BCUT2D eigenvalue weighted by Crippen LogP contribution is 2.32. The lowest BCUT2D eigenvalue weighted by atomic mass is 10.2. The summed E-state index contributed by atoms with van der Waals surface area (Å²) >= 11 is 7.85. The number of hydrogen-bond donors (Lipinski definition) is 0. The van der Waals surface area contributed by atoms with Crippen LogP contribution in [0.25, 0.3) is 21.5 Å². The third kappa shape index (κ3) is 3.32. The largest absolute Gasteiger partial charge is 0.339 e. The van der Waals surface area contributed by atoms with Crippen LogP contribution in [-0.4, -0.2) is 53.5 Å². The van der Waals surface area contributed by atoms with Crippen LogP contribution in [0.15, 0.2) is 41.8 Å². The van der Waals surface area contributed by atoms with Gasteiger partial charge in [-0.3, -0.25) is 4.79 Å². The van der Waals surface area contributed by atoms with E-state index in [1.165, 1.54) is 4.88 Å². The van der Waals surface area contributed by atoms with E-state index in [1.54, 1.807) is 11.3 Å². The molecule has 0 bridgehead atoms. The van der Waals surface area contributed by atoms with Crippen LogP contribution in [0.1, 0.15) is 0 Å². The highest BCUT2D eigenvalue weighted by Gasteiger charge is 2.21. The van der Waals surface area contributed by atoms with Crippen LogP contribution in [0.2, 0.25) is 5.02 Å². The molecule has 0 aliphatic carbocycles. The second kappa shape index (κ2) is 6.83. The SMILES string of the molecule is CN1CCN(C(=O)Cn2c(-c3cccs3)cc3cc(Cl)ccc32)CC1. The minimum atomic E-state index is 0.179. The molecule has 4 nitrogen and oxygen atoms in total. The molecule has 1 aliphatic rings. The van der Waals surface area contributed by atoms with Crippen molar-refractivity contribution in [2.75, 3.05) is 33.2 Å². The Balaban J connectivity index is 1.70. The molecule has 0 atom stereocenters. The Labute approximate surface area is 156 Å². The molecule has 0 N–H and O–H groups in total. The molecule has 0 unspecified atom stereocenters. The van der Waals surface area contributed by atoms with Crippen molar-refractivity contribution in [1.29, 1.82) is 0 Å². The monoisotopic (exact) mass is 373 g/mol. The fourth-order valence-corrected chi connectivity index (χ4v) is 4.26. The molecular formula is C19H20ClN3OS. The van der Waals surface area contributed by atoms with Gasteiger partial charge in [0, 0.05) is 42.1 Å². The van der Waals surface area contributed by atoms with E-state index in [9.17, 15) is 4.79 Å². The van der Waals surface area contributed by atoms with Crippen LogP contribution in [0, 0.1) is 0 Å². The third-order valence-corrected chi connectivity index (χ3v) is 5.91. The van der Waals surface area contributed by atoms with E-state index in [4.69, 9.17) is 11.6 Å². The van der Waals surface area contributed by atoms with Crippen LogP contribution >= 0.6 is 22.9 Å². The zero-order valence-electron chi connectivity index (χ0n) is 14.1. The summed E-state index contributed by atoms with van der Waals surface area (Å²) < 4.78 is 2.12. The van der Waals surface area contributed by atoms with E-state index in [1.807, 2.05) is 29.2 Å². The van der Waals surface area contributed by atoms with Crippen molar-refractivity contribution >= 4 is 39.7 Å². The van der Waals surface area contributed by atoms with Crippen molar-refractivity contribution in [3.63, 3.8) is 0 Å². The van der Waals surface area contributed by atoms with Gasteiger partial charge in [-0.05, 0) is 42.8 Å². The van der Waals surface area contributed by atoms with E-state index >= 15 is 0 Å². The van der Waals surface area contributed by atoms with E-state index in [0.29, 0.717) is 11.6 Å². The number of hydrogen-bond acceptors (Lipinski definition) is 3. The number of carbonyl (C=O) groups is 1. The van der Waals surface area contributed by atoms with Gasteiger partial charge in [0.25, 0.3) is 0 Å². The zero-order valence-corrected chi connectivity index (χ0v) is 15.7. The van der Waals surface area contributed by atoms with Crippen LogP contribution in [0.3, 0.4) is 0 Å². The second-order valence-electron chi connectivity index (χ2n) is 6.48. The lowest BCUT2D eigenvalue weighted by Gasteiger charge is -2.32. The zero-order chi connectivity index (χ0) is 17.4. The summed E-state index contributed by atoms with van der Waals surface area (Å²) in [5.74, 6) is 0.179. The van der Waals surface area contributed by atoms with E-state index in [-0.39, 0.29) is 5.91 Å². The first-order chi connectivity index (χ1) is 12.1. The van der Waals surface area contributed by atoms with Gasteiger partial charge in [-0.15, -0.1) is 11.3 Å². The maximum absolute atomic E-state index is 12.9. The molecule has 0 radical (unpaired) electrons. The predicted molar refractivity (Wildman–Crippen MR) is 104 cm³/mol. The molecule has 4 rings (SSSR count). The van der Waals surface area contributed by atoms with Gasteiger partial charge in [0.15, 0.2) is 0 Å². The van der Waals surface area contributed by atoms with Crippen molar-refractivity contribution in [2.45, 2.75) is 6.54 Å². The molecule has 1 amide bonds. The molecule has 25 heavy (non-hydrogen) atoms. The molecule has 3 aromatic rings. The van der Waals surface area contributed by atoms with Crippen molar-refractivity contribution in [3.05, 3.63) is 46.8 Å². The number of carbonyl (C=O) groups excluding carboxylic acids is 1. The molecule has 1 fully saturated rings. The lowest BCUT2D eigenvalue weighted by molar-refractivity contribution is -0.133. The molecule has 1 saturated heterocycles. The number of nitrogens with zero attached hydrogens (tertiary/aromatic N) is 3. The molecule has 2 aromatic heterocycles. The van der Waals surface area contributed by atoms with Gasteiger partial charge in [-0.2, -0.15) is 0 Å². The van der Waals surface area contributed by atoms with Crippen molar-refractivity contribution < 1.29 is 4.79 Å². The van der Waals surface area contributed by atoms with Crippen molar-refractivity contribution in [3.8, 4) is 10.6 Å². The number of fused-ring (bicyclic) bond motifs is 1. The highest BCUT2D eigenvalue weighted by atomic mass is 35.5. The Morgan fingerprint density at radius 1 is 1.16 bits per heavy atom. The summed E-state index contributed by atoms with van der Waals surface area (Å²) in [6.45, 7) is 3.84. The number of benzene rings is 1. The smallest absolute Gasteiger partial charge is 0.242 e. The van der Waals surface area contributed by atoms with E-state index in [2.05, 4.69) is 34.0 Å². The van der Waals surface area contributed by atoms with Crippen LogP contribution in [0.5, 0.6) is 0 Å². The Morgan fingerprint density at radius 2 is 1.96 bits per heavy atom. The number of thiophene rings is 1. The van der Waals surface area contributed by atoms with Gasteiger partial charge >= 0.3 is 0 Å². The number of likely N-dealkylation sites (N-methyl/N-ethyl adjacent to an activating group) is 1. The molecule has 1 aromatic carbocycles. The topological polar surface area (TPSA) is 28.5 Å². The predicted octanol–water partition coefficient (Wildman–Crippen LogP) is 3.80. The molecular weight excluding hydrogens is 354 g/mol. The average molecular weight is 374 g/mol. The maximum atomic E-state index is 12.9. The molecule has 130 valence electrons. The number of amides is 1. The quantitative estimate of drug-likeness (QED) is 0.698. The highest BCUT2D eigenvalue weighted by molar-refractivity contribution is 7.13. The Bertz CT molecular complexity index is 895. The van der Waals surface area contributed by atoms with Gasteiger partial charge < -0.3 is 14.4 Å². The van der Waals surface area contributed by atoms with Gasteiger partial charge in [0.1, 0.15) is 6.54 Å². The Kier molecular flexibility index (Phi) is 4.54. The molecule has 0 spiro atoms. The minimum Gasteiger partial charge on any atom is -0.339 e. The summed E-state index contributed by atoms with van der Waals surface area (Å²) in [5.41, 5.74) is 2.13. The number of rotatable bonds is 3. The van der Waals surface area contributed by atoms with Crippen molar-refractivity contribution in [2.24, 2.45) is 0 Å². The molecule has 6 heteroatoms. The van der Waals surface area contributed by atoms with Crippen molar-refractivity contribution in [1.82, 2.24) is 14.4 Å². The molecule has 0 saturated carbocycles. The molecule has 3 heterocycles. The van der Waals surface area contributed by atoms with Gasteiger partial charge in [0.2, 0.25) is 5.91 Å². The van der Waals surface area contributed by atoms with Gasteiger partial charge in [0.05, 0.1) is 10.6 Å². The molecule has 1 aliphatic heterocycles. The number of piperazine rings is 1. The normalized spacial score (nSPS) is 15.8. The first-order valence-electron chi connectivity index (χ1n) is 8.41.